The summed E-state index contributed by atoms with van der Waals surface area (Å²) in [6, 6.07) is 2.76. The SMILES string of the molecule is COC(=O)c1cc(B(O)O)c(C)c(N(C)C(=O)OC(C)(C)C)c1. The Balaban J connectivity index is 3.36. The fraction of sp³-hybridized carbons (Fsp3) is 0.467. The third kappa shape index (κ3) is 4.71. The van der Waals surface area contributed by atoms with Gasteiger partial charge in [-0.15, -0.1) is 0 Å². The van der Waals surface area contributed by atoms with Crippen LogP contribution in [0.2, 0.25) is 0 Å². The van der Waals surface area contributed by atoms with Gasteiger partial charge in [0.05, 0.1) is 18.4 Å². The number of hydrogen-bond acceptors (Lipinski definition) is 6. The van der Waals surface area contributed by atoms with Crippen LogP contribution in [0.25, 0.3) is 0 Å². The minimum atomic E-state index is -1.79. The number of ether oxygens (including phenoxy) is 2. The van der Waals surface area contributed by atoms with Crippen LogP contribution in [-0.4, -0.2) is 49.0 Å². The number of nitrogens with zero attached hydrogens (tertiary/aromatic N) is 1. The molecule has 0 radical (unpaired) electrons. The van der Waals surface area contributed by atoms with E-state index in [4.69, 9.17) is 4.74 Å². The van der Waals surface area contributed by atoms with Crippen molar-refractivity contribution in [3.63, 3.8) is 0 Å². The third-order valence-electron chi connectivity index (χ3n) is 3.15. The highest BCUT2D eigenvalue weighted by atomic mass is 16.6. The summed E-state index contributed by atoms with van der Waals surface area (Å²) >= 11 is 0. The first-order valence-electron chi connectivity index (χ1n) is 7.03. The fourth-order valence-corrected chi connectivity index (χ4v) is 2.00. The van der Waals surface area contributed by atoms with Crippen molar-refractivity contribution in [3.05, 3.63) is 23.3 Å². The van der Waals surface area contributed by atoms with Crippen molar-refractivity contribution in [2.24, 2.45) is 0 Å². The van der Waals surface area contributed by atoms with Gasteiger partial charge in [0.2, 0.25) is 0 Å². The van der Waals surface area contributed by atoms with E-state index in [2.05, 4.69) is 4.74 Å². The number of benzene rings is 1. The molecule has 0 atom stereocenters. The van der Waals surface area contributed by atoms with Gasteiger partial charge < -0.3 is 19.5 Å². The molecule has 0 unspecified atom stereocenters. The average Bonchev–Trinajstić information content (AvgIpc) is 2.43. The Kier molecular flexibility index (Phi) is 5.79. The summed E-state index contributed by atoms with van der Waals surface area (Å²) in [5.74, 6) is -0.647. The quantitative estimate of drug-likeness (QED) is 0.632. The van der Waals surface area contributed by atoms with Crippen molar-refractivity contribution < 1.29 is 29.1 Å². The minimum Gasteiger partial charge on any atom is -0.465 e. The summed E-state index contributed by atoms with van der Waals surface area (Å²) in [5.41, 5.74) is 0.301. The number of anilines is 1. The first kappa shape index (κ1) is 19.0. The molecule has 2 N–H and O–H groups in total. The van der Waals surface area contributed by atoms with Gasteiger partial charge in [0.25, 0.3) is 0 Å². The van der Waals surface area contributed by atoms with Gasteiger partial charge in [-0.2, -0.15) is 0 Å². The van der Waals surface area contributed by atoms with Crippen molar-refractivity contribution >= 4 is 30.3 Å². The summed E-state index contributed by atoms with van der Waals surface area (Å²) in [6.07, 6.45) is -0.624. The fourth-order valence-electron chi connectivity index (χ4n) is 2.00. The first-order valence-corrected chi connectivity index (χ1v) is 7.03. The Morgan fingerprint density at radius 1 is 1.22 bits per heavy atom. The molecule has 1 aromatic rings. The maximum atomic E-state index is 12.2. The van der Waals surface area contributed by atoms with E-state index in [9.17, 15) is 19.6 Å². The number of carbonyl (C=O) groups is 2. The number of methoxy groups -OCH3 is 1. The molecule has 0 aliphatic heterocycles. The molecular formula is C15H22BNO6. The number of esters is 1. The van der Waals surface area contributed by atoms with E-state index < -0.39 is 24.8 Å². The molecular weight excluding hydrogens is 301 g/mol. The molecule has 1 rings (SSSR count). The molecule has 1 aromatic carbocycles. The van der Waals surface area contributed by atoms with Crippen LogP contribution in [0.4, 0.5) is 10.5 Å². The largest absolute Gasteiger partial charge is 0.488 e. The molecule has 126 valence electrons. The molecule has 0 spiro atoms. The molecule has 23 heavy (non-hydrogen) atoms. The second-order valence-electron chi connectivity index (χ2n) is 6.11. The highest BCUT2D eigenvalue weighted by Crippen LogP contribution is 2.22. The Hall–Kier alpha value is -2.06. The maximum Gasteiger partial charge on any atom is 0.488 e. The summed E-state index contributed by atoms with van der Waals surface area (Å²) in [5, 5.41) is 19.0. The van der Waals surface area contributed by atoms with E-state index in [0.29, 0.717) is 11.3 Å². The molecule has 1 amide bonds. The Morgan fingerprint density at radius 2 is 1.78 bits per heavy atom. The number of carbonyl (C=O) groups excluding carboxylic acids is 2. The molecule has 0 aliphatic rings. The van der Waals surface area contributed by atoms with Crippen LogP contribution in [0, 0.1) is 6.92 Å². The Morgan fingerprint density at radius 3 is 2.22 bits per heavy atom. The van der Waals surface area contributed by atoms with Crippen LogP contribution in [0.5, 0.6) is 0 Å². The molecule has 0 bridgehead atoms. The highest BCUT2D eigenvalue weighted by molar-refractivity contribution is 6.59. The van der Waals surface area contributed by atoms with Crippen molar-refractivity contribution in [2.45, 2.75) is 33.3 Å². The molecule has 7 nitrogen and oxygen atoms in total. The normalized spacial score (nSPS) is 11.0. The molecule has 0 heterocycles. The molecule has 0 saturated heterocycles. The van der Waals surface area contributed by atoms with Gasteiger partial charge in [0.1, 0.15) is 5.60 Å². The van der Waals surface area contributed by atoms with Gasteiger partial charge >= 0.3 is 19.2 Å². The van der Waals surface area contributed by atoms with E-state index in [1.165, 1.54) is 31.2 Å². The molecule has 0 aromatic heterocycles. The standard InChI is InChI=1S/C15H22BNO6/c1-9-11(16(20)21)7-10(13(18)22-6)8-12(9)17(5)14(19)23-15(2,3)4/h7-8,20-21H,1-6H3. The van der Waals surface area contributed by atoms with Crippen LogP contribution in [0.1, 0.15) is 36.7 Å². The number of hydrogen-bond donors (Lipinski definition) is 2. The van der Waals surface area contributed by atoms with Crippen LogP contribution in [0.3, 0.4) is 0 Å². The van der Waals surface area contributed by atoms with Crippen molar-refractivity contribution in [1.29, 1.82) is 0 Å². The van der Waals surface area contributed by atoms with E-state index in [1.807, 2.05) is 0 Å². The molecule has 0 saturated carbocycles. The van der Waals surface area contributed by atoms with Crippen molar-refractivity contribution in [2.75, 3.05) is 19.1 Å². The lowest BCUT2D eigenvalue weighted by Gasteiger charge is -2.26. The number of amides is 1. The molecule has 8 heteroatoms. The zero-order valence-corrected chi connectivity index (χ0v) is 14.2. The smallest absolute Gasteiger partial charge is 0.465 e. The lowest BCUT2D eigenvalue weighted by atomic mass is 9.76. The second kappa shape index (κ2) is 7.01. The van der Waals surface area contributed by atoms with Crippen LogP contribution in [-0.2, 0) is 9.47 Å². The predicted molar refractivity (Wildman–Crippen MR) is 87.0 cm³/mol. The van der Waals surface area contributed by atoms with Gasteiger partial charge in [-0.1, -0.05) is 0 Å². The van der Waals surface area contributed by atoms with E-state index in [-0.39, 0.29) is 11.0 Å². The van der Waals surface area contributed by atoms with Crippen LogP contribution < -0.4 is 10.4 Å². The van der Waals surface area contributed by atoms with Gasteiger partial charge in [-0.3, -0.25) is 4.90 Å². The van der Waals surface area contributed by atoms with E-state index >= 15 is 0 Å². The minimum absolute atomic E-state index is 0.103. The second-order valence-corrected chi connectivity index (χ2v) is 6.11. The highest BCUT2D eigenvalue weighted by Gasteiger charge is 2.26. The molecule has 0 aliphatic carbocycles. The monoisotopic (exact) mass is 323 g/mol. The van der Waals surface area contributed by atoms with Gasteiger partial charge in [0.15, 0.2) is 0 Å². The van der Waals surface area contributed by atoms with Gasteiger partial charge in [-0.05, 0) is 50.9 Å². The predicted octanol–water partition coefficient (Wildman–Crippen LogP) is 0.833. The summed E-state index contributed by atoms with van der Waals surface area (Å²) in [7, 11) is 0.907. The Labute approximate surface area is 136 Å². The first-order chi connectivity index (χ1) is 10.5. The van der Waals surface area contributed by atoms with Crippen LogP contribution >= 0.6 is 0 Å². The summed E-state index contributed by atoms with van der Waals surface area (Å²) < 4.78 is 9.93. The van der Waals surface area contributed by atoms with E-state index in [1.54, 1.807) is 27.7 Å². The lowest BCUT2D eigenvalue weighted by Crippen LogP contribution is -2.38. The van der Waals surface area contributed by atoms with Gasteiger partial charge in [-0.25, -0.2) is 9.59 Å². The zero-order valence-electron chi connectivity index (χ0n) is 14.2. The summed E-state index contributed by atoms with van der Waals surface area (Å²) in [4.78, 5) is 25.2. The maximum absolute atomic E-state index is 12.2. The third-order valence-corrected chi connectivity index (χ3v) is 3.15. The zero-order chi connectivity index (χ0) is 17.9. The van der Waals surface area contributed by atoms with Crippen molar-refractivity contribution in [3.8, 4) is 0 Å². The van der Waals surface area contributed by atoms with E-state index in [0.717, 1.165) is 0 Å². The average molecular weight is 323 g/mol. The summed E-state index contributed by atoms with van der Waals surface area (Å²) in [6.45, 7) is 6.82. The van der Waals surface area contributed by atoms with Gasteiger partial charge in [0, 0.05) is 7.05 Å². The number of rotatable bonds is 3. The van der Waals surface area contributed by atoms with Crippen molar-refractivity contribution in [1.82, 2.24) is 0 Å². The lowest BCUT2D eigenvalue weighted by molar-refractivity contribution is 0.0579. The molecule has 0 fully saturated rings. The topological polar surface area (TPSA) is 96.3 Å². The van der Waals surface area contributed by atoms with Crippen LogP contribution in [0.15, 0.2) is 12.1 Å². The Bertz CT molecular complexity index is 609.